The minimum Gasteiger partial charge on any atom is -0.341 e. The van der Waals surface area contributed by atoms with Gasteiger partial charge < -0.3 is 10.6 Å². The molecular weight excluding hydrogens is 258 g/mol. The van der Waals surface area contributed by atoms with Gasteiger partial charge in [-0.25, -0.2) is 8.78 Å². The Morgan fingerprint density at radius 1 is 1.15 bits per heavy atom. The number of hydrogen-bond acceptors (Lipinski definition) is 2. The van der Waals surface area contributed by atoms with Gasteiger partial charge in [0.05, 0.1) is 0 Å². The van der Waals surface area contributed by atoms with E-state index in [2.05, 4.69) is 0 Å². The Balaban J connectivity index is 2.55. The van der Waals surface area contributed by atoms with Crippen LogP contribution in [0.15, 0.2) is 42.5 Å². The van der Waals surface area contributed by atoms with E-state index >= 15 is 0 Å². The molecule has 0 aliphatic rings. The highest BCUT2D eigenvalue weighted by Crippen LogP contribution is 2.33. The van der Waals surface area contributed by atoms with Gasteiger partial charge in [-0.15, -0.1) is 0 Å². The molecule has 0 bridgehead atoms. The van der Waals surface area contributed by atoms with Crippen LogP contribution in [0.25, 0.3) is 0 Å². The smallest absolute Gasteiger partial charge is 0.130 e. The first kappa shape index (κ1) is 14.5. The van der Waals surface area contributed by atoms with Crippen molar-refractivity contribution in [3.8, 4) is 0 Å². The molecule has 2 N–H and O–H groups in total. The molecule has 2 rings (SSSR count). The fourth-order valence-electron chi connectivity index (χ4n) is 2.35. The van der Waals surface area contributed by atoms with Gasteiger partial charge in [0.25, 0.3) is 0 Å². The number of anilines is 2. The van der Waals surface area contributed by atoms with E-state index in [0.717, 1.165) is 0 Å². The van der Waals surface area contributed by atoms with E-state index in [-0.39, 0.29) is 11.6 Å². The van der Waals surface area contributed by atoms with E-state index in [1.54, 1.807) is 31.2 Å². The first-order chi connectivity index (χ1) is 9.54. The minimum atomic E-state index is -0.436. The monoisotopic (exact) mass is 276 g/mol. The SMILES string of the molecule is CCN(c1cccc(F)c1)c1cccc(F)c1[C@H](C)N. The summed E-state index contributed by atoms with van der Waals surface area (Å²) in [5, 5.41) is 0. The van der Waals surface area contributed by atoms with Crippen molar-refractivity contribution >= 4 is 11.4 Å². The molecule has 0 aromatic heterocycles. The summed E-state index contributed by atoms with van der Waals surface area (Å²) in [5.41, 5.74) is 7.67. The highest BCUT2D eigenvalue weighted by atomic mass is 19.1. The maximum absolute atomic E-state index is 14.0. The van der Waals surface area contributed by atoms with Crippen LogP contribution in [0.3, 0.4) is 0 Å². The molecule has 2 aromatic rings. The second kappa shape index (κ2) is 6.01. The van der Waals surface area contributed by atoms with Crippen molar-refractivity contribution in [1.82, 2.24) is 0 Å². The third-order valence-corrected chi connectivity index (χ3v) is 3.21. The molecule has 0 spiro atoms. The van der Waals surface area contributed by atoms with Crippen molar-refractivity contribution in [3.63, 3.8) is 0 Å². The van der Waals surface area contributed by atoms with Crippen molar-refractivity contribution in [2.45, 2.75) is 19.9 Å². The molecule has 0 unspecified atom stereocenters. The maximum Gasteiger partial charge on any atom is 0.130 e. The van der Waals surface area contributed by atoms with E-state index in [4.69, 9.17) is 5.73 Å². The highest BCUT2D eigenvalue weighted by Gasteiger charge is 2.18. The Morgan fingerprint density at radius 3 is 2.45 bits per heavy atom. The molecule has 2 nitrogen and oxygen atoms in total. The van der Waals surface area contributed by atoms with Gasteiger partial charge >= 0.3 is 0 Å². The predicted molar refractivity (Wildman–Crippen MR) is 78.1 cm³/mol. The van der Waals surface area contributed by atoms with Crippen LogP contribution < -0.4 is 10.6 Å². The van der Waals surface area contributed by atoms with Crippen LogP contribution in [0.1, 0.15) is 25.5 Å². The van der Waals surface area contributed by atoms with E-state index < -0.39 is 6.04 Å². The van der Waals surface area contributed by atoms with Gasteiger partial charge in [-0.2, -0.15) is 0 Å². The first-order valence-corrected chi connectivity index (χ1v) is 6.61. The normalized spacial score (nSPS) is 12.2. The molecule has 0 amide bonds. The second-order valence-corrected chi connectivity index (χ2v) is 4.69. The molecule has 0 radical (unpaired) electrons. The third kappa shape index (κ3) is 2.80. The summed E-state index contributed by atoms with van der Waals surface area (Å²) in [6.07, 6.45) is 0. The Bertz CT molecular complexity index is 597. The van der Waals surface area contributed by atoms with E-state index in [9.17, 15) is 8.78 Å². The van der Waals surface area contributed by atoms with Crippen LogP contribution >= 0.6 is 0 Å². The molecule has 0 aliphatic carbocycles. The number of halogens is 2. The third-order valence-electron chi connectivity index (χ3n) is 3.21. The standard InChI is InChI=1S/C16H18F2N2/c1-3-20(13-7-4-6-12(17)10-13)15-9-5-8-14(18)16(15)11(2)19/h4-11H,3,19H2,1-2H3/t11-/m0/s1. The van der Waals surface area contributed by atoms with Crippen LogP contribution in [0.2, 0.25) is 0 Å². The summed E-state index contributed by atoms with van der Waals surface area (Å²) in [5.74, 6) is -0.660. The van der Waals surface area contributed by atoms with Crippen molar-refractivity contribution in [1.29, 1.82) is 0 Å². The molecular formula is C16H18F2N2. The van der Waals surface area contributed by atoms with Gasteiger partial charge in [-0.05, 0) is 44.2 Å². The fraction of sp³-hybridized carbons (Fsp3) is 0.250. The molecule has 0 saturated heterocycles. The van der Waals surface area contributed by atoms with E-state index in [1.807, 2.05) is 11.8 Å². The zero-order valence-electron chi connectivity index (χ0n) is 11.6. The Kier molecular flexibility index (Phi) is 4.35. The predicted octanol–water partition coefficient (Wildman–Crippen LogP) is 4.14. The van der Waals surface area contributed by atoms with E-state index in [1.165, 1.54) is 18.2 Å². The molecule has 0 aliphatic heterocycles. The maximum atomic E-state index is 14.0. The quantitative estimate of drug-likeness (QED) is 0.909. The number of rotatable bonds is 4. The van der Waals surface area contributed by atoms with Crippen LogP contribution in [0.4, 0.5) is 20.2 Å². The summed E-state index contributed by atoms with van der Waals surface area (Å²) in [7, 11) is 0. The van der Waals surface area contributed by atoms with Gasteiger partial charge in [0.15, 0.2) is 0 Å². The summed E-state index contributed by atoms with van der Waals surface area (Å²) in [6.45, 7) is 4.26. The van der Waals surface area contributed by atoms with Crippen LogP contribution in [0.5, 0.6) is 0 Å². The fourth-order valence-corrected chi connectivity index (χ4v) is 2.35. The number of nitrogens with two attached hydrogens (primary N) is 1. The highest BCUT2D eigenvalue weighted by molar-refractivity contribution is 5.67. The molecule has 0 heterocycles. The molecule has 4 heteroatoms. The zero-order valence-corrected chi connectivity index (χ0v) is 11.6. The lowest BCUT2D eigenvalue weighted by atomic mass is 10.0. The lowest BCUT2D eigenvalue weighted by molar-refractivity contribution is 0.593. The molecule has 0 saturated carbocycles. The van der Waals surface area contributed by atoms with Gasteiger partial charge in [-0.3, -0.25) is 0 Å². The van der Waals surface area contributed by atoms with Gasteiger partial charge in [0, 0.05) is 29.5 Å². The Morgan fingerprint density at radius 2 is 1.85 bits per heavy atom. The van der Waals surface area contributed by atoms with Crippen molar-refractivity contribution in [2.24, 2.45) is 5.73 Å². The lowest BCUT2D eigenvalue weighted by Gasteiger charge is -2.27. The average Bonchev–Trinajstić information content (AvgIpc) is 2.39. The molecule has 106 valence electrons. The van der Waals surface area contributed by atoms with E-state index in [0.29, 0.717) is 23.5 Å². The Labute approximate surface area is 117 Å². The summed E-state index contributed by atoms with van der Waals surface area (Å²) < 4.78 is 27.4. The average molecular weight is 276 g/mol. The topological polar surface area (TPSA) is 29.3 Å². The number of benzene rings is 2. The molecule has 1 atom stereocenters. The lowest BCUT2D eigenvalue weighted by Crippen LogP contribution is -2.21. The van der Waals surface area contributed by atoms with Crippen LogP contribution in [-0.2, 0) is 0 Å². The Hall–Kier alpha value is -1.94. The largest absolute Gasteiger partial charge is 0.341 e. The summed E-state index contributed by atoms with van der Waals surface area (Å²) >= 11 is 0. The van der Waals surface area contributed by atoms with Crippen LogP contribution in [-0.4, -0.2) is 6.54 Å². The molecule has 0 fully saturated rings. The van der Waals surface area contributed by atoms with Crippen molar-refractivity contribution in [2.75, 3.05) is 11.4 Å². The van der Waals surface area contributed by atoms with Crippen molar-refractivity contribution < 1.29 is 8.78 Å². The van der Waals surface area contributed by atoms with Gasteiger partial charge in [-0.1, -0.05) is 12.1 Å². The number of nitrogens with zero attached hydrogens (tertiary/aromatic N) is 1. The summed E-state index contributed by atoms with van der Waals surface area (Å²) in [6, 6.07) is 10.6. The number of hydrogen-bond donors (Lipinski definition) is 1. The molecule has 2 aromatic carbocycles. The zero-order chi connectivity index (χ0) is 14.7. The van der Waals surface area contributed by atoms with Crippen LogP contribution in [0, 0.1) is 11.6 Å². The summed E-state index contributed by atoms with van der Waals surface area (Å²) in [4.78, 5) is 1.85. The second-order valence-electron chi connectivity index (χ2n) is 4.69. The van der Waals surface area contributed by atoms with Gasteiger partial charge in [0.2, 0.25) is 0 Å². The van der Waals surface area contributed by atoms with Crippen molar-refractivity contribution in [3.05, 3.63) is 59.7 Å². The van der Waals surface area contributed by atoms with Gasteiger partial charge in [0.1, 0.15) is 11.6 Å². The minimum absolute atomic E-state index is 0.320. The first-order valence-electron chi connectivity index (χ1n) is 6.61. The molecule has 20 heavy (non-hydrogen) atoms.